The molecule has 0 bridgehead atoms. The molecule has 0 spiro atoms. The number of carbonyl (C=O) groups excluding carboxylic acids is 1. The minimum absolute atomic E-state index is 0. The average molecular weight is 569 g/mol. The monoisotopic (exact) mass is 568 g/mol. The van der Waals surface area contributed by atoms with Crippen molar-refractivity contribution in [2.24, 2.45) is 5.92 Å². The maximum atomic E-state index is 13.2. The van der Waals surface area contributed by atoms with E-state index in [1.165, 1.54) is 12.1 Å². The van der Waals surface area contributed by atoms with Crippen molar-refractivity contribution in [1.82, 2.24) is 4.90 Å². The smallest absolute Gasteiger partial charge is 0.166 e. The van der Waals surface area contributed by atoms with Gasteiger partial charge in [-0.15, -0.1) is 12.4 Å². The Kier molecular flexibility index (Phi) is 11.2. The van der Waals surface area contributed by atoms with Crippen molar-refractivity contribution < 1.29 is 18.7 Å². The molecule has 0 saturated carbocycles. The van der Waals surface area contributed by atoms with Crippen molar-refractivity contribution in [2.45, 2.75) is 35.3 Å². The fourth-order valence-corrected chi connectivity index (χ4v) is 6.23. The molecule has 0 aromatic heterocycles. The number of benzene rings is 3. The van der Waals surface area contributed by atoms with Gasteiger partial charge in [0.1, 0.15) is 10.6 Å². The van der Waals surface area contributed by atoms with Crippen molar-refractivity contribution in [3.8, 4) is 17.6 Å². The largest absolute Gasteiger partial charge is 0.493 e. The van der Waals surface area contributed by atoms with E-state index in [-0.39, 0.29) is 29.9 Å². The fourth-order valence-electron chi connectivity index (χ4n) is 4.99. The van der Waals surface area contributed by atoms with Crippen LogP contribution < -0.4 is 9.47 Å². The first-order valence-corrected chi connectivity index (χ1v) is 13.7. The van der Waals surface area contributed by atoms with Gasteiger partial charge in [-0.2, -0.15) is 5.26 Å². The van der Waals surface area contributed by atoms with Crippen LogP contribution in [0.4, 0.5) is 4.39 Å². The van der Waals surface area contributed by atoms with Crippen LogP contribution in [-0.4, -0.2) is 44.5 Å². The molecule has 0 N–H and O–H groups in total. The van der Waals surface area contributed by atoms with Gasteiger partial charge < -0.3 is 14.4 Å². The molecule has 3 aromatic carbocycles. The van der Waals surface area contributed by atoms with Gasteiger partial charge in [0, 0.05) is 16.4 Å². The van der Waals surface area contributed by atoms with E-state index in [1.807, 2.05) is 48.5 Å². The standard InChI is InChI=1S/C31H33FN2O3S.ClH/c1-36-28-14-11-25(21-29(28)37-2)31(22-33,38-27-7-4-3-5-8-27)17-6-18-34-19-15-24(16-20-34)30(35)23-9-12-26(32)13-10-23;/h3-5,7-14,21,24H,6,15-20H2,1-2H3;1H. The van der Waals surface area contributed by atoms with E-state index in [9.17, 15) is 14.4 Å². The predicted octanol–water partition coefficient (Wildman–Crippen LogP) is 7.15. The van der Waals surface area contributed by atoms with Gasteiger partial charge >= 0.3 is 0 Å². The second-order valence-corrected chi connectivity index (χ2v) is 10.9. The molecular weight excluding hydrogens is 535 g/mol. The molecule has 0 amide bonds. The lowest BCUT2D eigenvalue weighted by Gasteiger charge is -2.33. The fraction of sp³-hybridized carbons (Fsp3) is 0.355. The summed E-state index contributed by atoms with van der Waals surface area (Å²) < 4.78 is 23.4. The second-order valence-electron chi connectivity index (χ2n) is 9.51. The second kappa shape index (κ2) is 14.4. The van der Waals surface area contributed by atoms with Crippen LogP contribution in [0, 0.1) is 23.1 Å². The first-order chi connectivity index (χ1) is 18.5. The molecule has 1 heterocycles. The molecule has 1 saturated heterocycles. The first-order valence-electron chi connectivity index (χ1n) is 12.9. The maximum absolute atomic E-state index is 13.2. The summed E-state index contributed by atoms with van der Waals surface area (Å²) in [5.74, 6) is 0.969. The van der Waals surface area contributed by atoms with Gasteiger partial charge in [-0.05, 0) is 99.4 Å². The topological polar surface area (TPSA) is 62.6 Å². The number of rotatable bonds is 11. The number of halogens is 2. The Morgan fingerprint density at radius 2 is 1.69 bits per heavy atom. The highest BCUT2D eigenvalue weighted by atomic mass is 35.5. The number of likely N-dealkylation sites (tertiary alicyclic amines) is 1. The lowest BCUT2D eigenvalue weighted by atomic mass is 9.88. The summed E-state index contributed by atoms with van der Waals surface area (Å²) in [5.41, 5.74) is 1.46. The lowest BCUT2D eigenvalue weighted by Crippen LogP contribution is -2.37. The molecule has 8 heteroatoms. The van der Waals surface area contributed by atoms with Crippen LogP contribution >= 0.6 is 24.2 Å². The number of piperidine rings is 1. The molecule has 3 aromatic rings. The summed E-state index contributed by atoms with van der Waals surface area (Å²) in [6, 6.07) is 24.2. The van der Waals surface area contributed by atoms with Gasteiger partial charge in [0.15, 0.2) is 17.3 Å². The van der Waals surface area contributed by atoms with Crippen molar-refractivity contribution in [1.29, 1.82) is 5.26 Å². The number of nitrogens with zero attached hydrogens (tertiary/aromatic N) is 2. The highest BCUT2D eigenvalue weighted by Crippen LogP contribution is 2.46. The Bertz CT molecular complexity index is 1260. The number of carbonyl (C=O) groups is 1. The Morgan fingerprint density at radius 3 is 2.31 bits per heavy atom. The minimum Gasteiger partial charge on any atom is -0.493 e. The van der Waals surface area contributed by atoms with E-state index >= 15 is 0 Å². The number of ketones is 1. The number of ether oxygens (including phenoxy) is 2. The highest BCUT2D eigenvalue weighted by Gasteiger charge is 2.35. The Hall–Kier alpha value is -3.05. The molecular formula is C31H34ClFN2O3S. The number of hydrogen-bond donors (Lipinski definition) is 0. The molecule has 39 heavy (non-hydrogen) atoms. The van der Waals surface area contributed by atoms with Gasteiger partial charge in [-0.3, -0.25) is 4.79 Å². The third-order valence-electron chi connectivity index (χ3n) is 7.16. The van der Waals surface area contributed by atoms with E-state index in [4.69, 9.17) is 9.47 Å². The molecule has 5 nitrogen and oxygen atoms in total. The summed E-state index contributed by atoms with van der Waals surface area (Å²) in [5, 5.41) is 10.5. The zero-order valence-electron chi connectivity index (χ0n) is 22.3. The van der Waals surface area contributed by atoms with Crippen molar-refractivity contribution >= 4 is 30.0 Å². The van der Waals surface area contributed by atoms with Crippen LogP contribution in [0.1, 0.15) is 41.6 Å². The molecule has 1 aliphatic heterocycles. The van der Waals surface area contributed by atoms with Crippen LogP contribution in [0.15, 0.2) is 77.7 Å². The minimum atomic E-state index is -0.794. The zero-order chi connectivity index (χ0) is 27.0. The number of nitriles is 1. The van der Waals surface area contributed by atoms with Crippen LogP contribution in [0.25, 0.3) is 0 Å². The number of Topliss-reactive ketones (excluding diaryl/α,β-unsaturated/α-hetero) is 1. The zero-order valence-corrected chi connectivity index (χ0v) is 23.9. The van der Waals surface area contributed by atoms with Crippen LogP contribution in [0.3, 0.4) is 0 Å². The van der Waals surface area contributed by atoms with E-state index in [2.05, 4.69) is 11.0 Å². The summed E-state index contributed by atoms with van der Waals surface area (Å²) in [7, 11) is 3.20. The Balaban J connectivity index is 0.00000420. The third kappa shape index (κ3) is 7.54. The van der Waals surface area contributed by atoms with Crippen LogP contribution in [0.2, 0.25) is 0 Å². The number of hydrogen-bond acceptors (Lipinski definition) is 6. The molecule has 1 unspecified atom stereocenters. The van der Waals surface area contributed by atoms with E-state index in [0.717, 1.165) is 49.4 Å². The SMILES string of the molecule is COc1ccc(C(C#N)(CCCN2CCC(C(=O)c3ccc(F)cc3)CC2)Sc2ccccc2)cc1OC.Cl. The third-order valence-corrected chi connectivity index (χ3v) is 8.54. The number of methoxy groups -OCH3 is 2. The quantitative estimate of drug-likeness (QED) is 0.181. The summed E-state index contributed by atoms with van der Waals surface area (Å²) in [4.78, 5) is 16.2. The molecule has 0 aliphatic carbocycles. The molecule has 0 radical (unpaired) electrons. The highest BCUT2D eigenvalue weighted by molar-refractivity contribution is 8.00. The van der Waals surface area contributed by atoms with E-state index < -0.39 is 4.75 Å². The molecule has 206 valence electrons. The predicted molar refractivity (Wildman–Crippen MR) is 156 cm³/mol. The Labute approximate surface area is 240 Å². The average Bonchev–Trinajstić information content (AvgIpc) is 2.97. The molecule has 4 rings (SSSR count). The summed E-state index contributed by atoms with van der Waals surface area (Å²) in [6.45, 7) is 2.52. The van der Waals surface area contributed by atoms with Crippen LogP contribution in [0.5, 0.6) is 11.5 Å². The van der Waals surface area contributed by atoms with Gasteiger partial charge in [-0.1, -0.05) is 36.0 Å². The number of thioether (sulfide) groups is 1. The van der Waals surface area contributed by atoms with E-state index in [0.29, 0.717) is 23.5 Å². The Morgan fingerprint density at radius 1 is 1.03 bits per heavy atom. The van der Waals surface area contributed by atoms with Crippen molar-refractivity contribution in [2.75, 3.05) is 33.9 Å². The molecule has 1 aliphatic rings. The normalized spacial score (nSPS) is 15.4. The lowest BCUT2D eigenvalue weighted by molar-refractivity contribution is 0.0838. The molecule has 1 atom stereocenters. The van der Waals surface area contributed by atoms with Gasteiger partial charge in [0.05, 0.1) is 20.3 Å². The van der Waals surface area contributed by atoms with Crippen LogP contribution in [-0.2, 0) is 4.75 Å². The van der Waals surface area contributed by atoms with Crippen molar-refractivity contribution in [3.63, 3.8) is 0 Å². The first kappa shape index (κ1) is 30.5. The maximum Gasteiger partial charge on any atom is 0.166 e. The van der Waals surface area contributed by atoms with Gasteiger partial charge in [0.25, 0.3) is 0 Å². The van der Waals surface area contributed by atoms with Gasteiger partial charge in [-0.25, -0.2) is 4.39 Å². The van der Waals surface area contributed by atoms with E-state index in [1.54, 1.807) is 38.1 Å². The summed E-state index contributed by atoms with van der Waals surface area (Å²) >= 11 is 1.56. The molecule has 1 fully saturated rings. The van der Waals surface area contributed by atoms with Crippen molar-refractivity contribution in [3.05, 3.63) is 89.7 Å². The van der Waals surface area contributed by atoms with Gasteiger partial charge in [0.2, 0.25) is 0 Å². The summed E-state index contributed by atoms with van der Waals surface area (Å²) in [6.07, 6.45) is 3.06.